The molecule has 0 bridgehead atoms. The predicted octanol–water partition coefficient (Wildman–Crippen LogP) is 3.69. The average Bonchev–Trinajstić information content (AvgIpc) is 1.78. The Morgan fingerprint density at radius 1 is 0.857 bits per heavy atom. The summed E-state index contributed by atoms with van der Waals surface area (Å²) < 4.78 is 93.5. The summed E-state index contributed by atoms with van der Waals surface area (Å²) >= 11 is 0. The Bertz CT molecular complexity index is 219. The number of rotatable bonds is 2. The van der Waals surface area contributed by atoms with Crippen molar-refractivity contribution in [3.63, 3.8) is 0 Å². The van der Waals surface area contributed by atoms with Crippen molar-refractivity contribution in [2.45, 2.75) is 24.7 Å². The zero-order valence-corrected chi connectivity index (χ0v) is 6.44. The molecule has 0 spiro atoms. The fourth-order valence-electron chi connectivity index (χ4n) is 0.566. The molecule has 0 amide bonds. The van der Waals surface area contributed by atoms with Crippen LogP contribution < -0.4 is 0 Å². The number of hydrogen-bond donors (Lipinski definition) is 0. The minimum absolute atomic E-state index is 1.91. The van der Waals surface area contributed by atoms with E-state index in [4.69, 9.17) is 0 Å². The summed E-state index contributed by atoms with van der Waals surface area (Å²) in [5, 5.41) is 0. The summed E-state index contributed by atoms with van der Waals surface area (Å²) in [6, 6.07) is 0. The van der Waals surface area contributed by atoms with Crippen LogP contribution in [0, 0.1) is 0 Å². The first-order chi connectivity index (χ1) is 5.86. The summed E-state index contributed by atoms with van der Waals surface area (Å²) in [6.45, 7) is 1.91. The monoisotopic (exact) mass is 228 g/mol. The van der Waals surface area contributed by atoms with Crippen LogP contribution in [-0.4, -0.2) is 18.3 Å². The zero-order chi connectivity index (χ0) is 11.8. The van der Waals surface area contributed by atoms with Gasteiger partial charge in [0.05, 0.1) is 5.57 Å². The highest BCUT2D eigenvalue weighted by Crippen LogP contribution is 2.42. The summed E-state index contributed by atoms with van der Waals surface area (Å²) in [5.74, 6) is -5.02. The van der Waals surface area contributed by atoms with Gasteiger partial charge in [-0.15, -0.1) is 0 Å². The molecule has 0 nitrogen and oxygen atoms in total. The van der Waals surface area contributed by atoms with Gasteiger partial charge < -0.3 is 0 Å². The summed E-state index contributed by atoms with van der Waals surface area (Å²) in [4.78, 5) is 0. The van der Waals surface area contributed by atoms with Crippen molar-refractivity contribution in [1.82, 2.24) is 0 Å². The molecule has 0 rings (SSSR count). The quantitative estimate of drug-likeness (QED) is 0.499. The van der Waals surface area contributed by atoms with Gasteiger partial charge in [0, 0.05) is 0 Å². The minimum Gasteiger partial charge on any atom is -0.201 e. The molecule has 0 unspecified atom stereocenters. The second-order valence-corrected chi connectivity index (χ2v) is 2.47. The van der Waals surface area contributed by atoms with Crippen LogP contribution in [0.25, 0.3) is 0 Å². The third-order valence-corrected chi connectivity index (χ3v) is 1.21. The maximum Gasteiger partial charge on any atom is 0.417 e. The van der Waals surface area contributed by atoms with E-state index < -0.39 is 30.3 Å². The second kappa shape index (κ2) is 3.39. The van der Waals surface area contributed by atoms with Crippen LogP contribution in [-0.2, 0) is 0 Å². The molecule has 14 heavy (non-hydrogen) atoms. The van der Waals surface area contributed by atoms with Crippen LogP contribution in [0.15, 0.2) is 12.2 Å². The Hall–Kier alpha value is -0.820. The molecule has 0 N–H and O–H groups in total. The summed E-state index contributed by atoms with van der Waals surface area (Å²) in [5.41, 5.74) is -2.69. The molecule has 0 saturated heterocycles. The first-order valence-electron chi connectivity index (χ1n) is 3.07. The van der Waals surface area contributed by atoms with Crippen molar-refractivity contribution in [2.24, 2.45) is 0 Å². The van der Waals surface area contributed by atoms with Crippen LogP contribution in [0.3, 0.4) is 0 Å². The molecule has 0 aromatic rings. The maximum absolute atomic E-state index is 12.3. The van der Waals surface area contributed by atoms with E-state index >= 15 is 0 Å². The molecule has 0 fully saturated rings. The van der Waals surface area contributed by atoms with Gasteiger partial charge in [0.1, 0.15) is 6.42 Å². The van der Waals surface area contributed by atoms with Crippen molar-refractivity contribution in [2.75, 3.05) is 0 Å². The SMILES string of the molecule is C=C(C(F)(F)F)C(F)(F)CC(F)(F)F. The van der Waals surface area contributed by atoms with Gasteiger partial charge in [-0.05, 0) is 0 Å². The van der Waals surface area contributed by atoms with Crippen molar-refractivity contribution in [3.05, 3.63) is 12.2 Å². The van der Waals surface area contributed by atoms with E-state index in [0.29, 0.717) is 0 Å². The van der Waals surface area contributed by atoms with Crippen LogP contribution in [0.2, 0.25) is 0 Å². The maximum atomic E-state index is 12.3. The molecule has 84 valence electrons. The van der Waals surface area contributed by atoms with E-state index in [1.54, 1.807) is 0 Å². The molecule has 8 heteroatoms. The average molecular weight is 228 g/mol. The lowest BCUT2D eigenvalue weighted by molar-refractivity contribution is -0.195. The third-order valence-electron chi connectivity index (χ3n) is 1.21. The fourth-order valence-corrected chi connectivity index (χ4v) is 0.566. The smallest absolute Gasteiger partial charge is 0.201 e. The van der Waals surface area contributed by atoms with Gasteiger partial charge in [-0.1, -0.05) is 6.58 Å². The lowest BCUT2D eigenvalue weighted by Gasteiger charge is -2.21. The lowest BCUT2D eigenvalue weighted by Crippen LogP contribution is -2.34. The number of halogens is 8. The van der Waals surface area contributed by atoms with Crippen molar-refractivity contribution in [1.29, 1.82) is 0 Å². The highest BCUT2D eigenvalue weighted by molar-refractivity contribution is 5.14. The van der Waals surface area contributed by atoms with E-state index in [1.807, 2.05) is 6.58 Å². The molecule has 0 atom stereocenters. The Balaban J connectivity index is 4.72. The Morgan fingerprint density at radius 3 is 1.43 bits per heavy atom. The highest BCUT2D eigenvalue weighted by atomic mass is 19.4. The Labute approximate surface area is 73.2 Å². The predicted molar refractivity (Wildman–Crippen MR) is 30.8 cm³/mol. The van der Waals surface area contributed by atoms with Gasteiger partial charge in [0.2, 0.25) is 0 Å². The van der Waals surface area contributed by atoms with Crippen LogP contribution in [0.5, 0.6) is 0 Å². The molecule has 0 aliphatic rings. The number of allylic oxidation sites excluding steroid dienone is 1. The molecule has 0 aliphatic heterocycles. The van der Waals surface area contributed by atoms with Crippen LogP contribution in [0.1, 0.15) is 6.42 Å². The van der Waals surface area contributed by atoms with Crippen LogP contribution >= 0.6 is 0 Å². The number of alkyl halides is 8. The summed E-state index contributed by atoms with van der Waals surface area (Å²) in [6.07, 6.45) is -13.8. The molecule has 0 aliphatic carbocycles. The largest absolute Gasteiger partial charge is 0.417 e. The van der Waals surface area contributed by atoms with E-state index in [0.717, 1.165) is 0 Å². The minimum atomic E-state index is -5.53. The van der Waals surface area contributed by atoms with E-state index in [1.165, 1.54) is 0 Å². The molecule has 0 aromatic carbocycles. The lowest BCUT2D eigenvalue weighted by atomic mass is 10.1. The van der Waals surface area contributed by atoms with Crippen LogP contribution in [0.4, 0.5) is 35.1 Å². The second-order valence-electron chi connectivity index (χ2n) is 2.47. The topological polar surface area (TPSA) is 0 Å². The van der Waals surface area contributed by atoms with Gasteiger partial charge in [-0.25, -0.2) is 8.78 Å². The van der Waals surface area contributed by atoms with E-state index in [-0.39, 0.29) is 0 Å². The first-order valence-corrected chi connectivity index (χ1v) is 3.07. The first kappa shape index (κ1) is 13.2. The van der Waals surface area contributed by atoms with Gasteiger partial charge >= 0.3 is 12.4 Å². The number of hydrogen-bond acceptors (Lipinski definition) is 0. The molecule has 0 aromatic heterocycles. The van der Waals surface area contributed by atoms with Gasteiger partial charge in [-0.3, -0.25) is 0 Å². The van der Waals surface area contributed by atoms with Crippen molar-refractivity contribution >= 4 is 0 Å². The molecular formula is C6H4F8. The third kappa shape index (κ3) is 3.93. The zero-order valence-electron chi connectivity index (χ0n) is 6.44. The molecule has 0 radical (unpaired) electrons. The normalized spacial score (nSPS) is 14.3. The molecule has 0 saturated carbocycles. The molecule has 0 heterocycles. The van der Waals surface area contributed by atoms with E-state index in [2.05, 4.69) is 0 Å². The van der Waals surface area contributed by atoms with E-state index in [9.17, 15) is 35.1 Å². The summed E-state index contributed by atoms with van der Waals surface area (Å²) in [7, 11) is 0. The van der Waals surface area contributed by atoms with Gasteiger partial charge in [0.15, 0.2) is 0 Å². The van der Waals surface area contributed by atoms with Crippen molar-refractivity contribution < 1.29 is 35.1 Å². The van der Waals surface area contributed by atoms with Crippen molar-refractivity contribution in [3.8, 4) is 0 Å². The van der Waals surface area contributed by atoms with Gasteiger partial charge in [-0.2, -0.15) is 26.3 Å². The molecular weight excluding hydrogens is 224 g/mol. The highest BCUT2D eigenvalue weighted by Gasteiger charge is 2.53. The Morgan fingerprint density at radius 2 is 1.21 bits per heavy atom. The fraction of sp³-hybridized carbons (Fsp3) is 0.667. The Kier molecular flexibility index (Phi) is 3.19. The van der Waals surface area contributed by atoms with Gasteiger partial charge in [0.25, 0.3) is 5.92 Å². The standard InChI is InChI=1S/C6H4F8/c1-3(6(12,13)14)4(7,8)2-5(9,10)11/h1-2H2.